The van der Waals surface area contributed by atoms with E-state index in [4.69, 9.17) is 0 Å². The zero-order chi connectivity index (χ0) is 9.35. The third kappa shape index (κ3) is 1.57. The molecule has 68 valence electrons. The summed E-state index contributed by atoms with van der Waals surface area (Å²) in [6.07, 6.45) is 2.54. The van der Waals surface area contributed by atoms with E-state index in [2.05, 4.69) is 0 Å². The van der Waals surface area contributed by atoms with Crippen LogP contribution in [0.4, 0.5) is 0 Å². The van der Waals surface area contributed by atoms with E-state index in [9.17, 15) is 9.59 Å². The summed E-state index contributed by atoms with van der Waals surface area (Å²) in [6, 6.07) is 0. The van der Waals surface area contributed by atoms with Crippen molar-refractivity contribution >= 4 is 11.6 Å². The lowest BCUT2D eigenvalue weighted by atomic mass is 9.83. The summed E-state index contributed by atoms with van der Waals surface area (Å²) in [5, 5.41) is 0. The minimum Gasteiger partial charge on any atom is -0.300 e. The van der Waals surface area contributed by atoms with Crippen molar-refractivity contribution in [1.82, 2.24) is 0 Å². The van der Waals surface area contributed by atoms with E-state index in [0.29, 0.717) is 0 Å². The number of hydrogen-bond donors (Lipinski definition) is 0. The van der Waals surface area contributed by atoms with Crippen molar-refractivity contribution < 1.29 is 9.59 Å². The van der Waals surface area contributed by atoms with Gasteiger partial charge in [0.15, 0.2) is 0 Å². The number of Topliss-reactive ketones (excluding diaryl/α,β-unsaturated/α-hetero) is 2. The molecule has 0 bridgehead atoms. The van der Waals surface area contributed by atoms with Gasteiger partial charge in [-0.05, 0) is 33.1 Å². The van der Waals surface area contributed by atoms with E-state index in [1.807, 2.05) is 6.92 Å². The van der Waals surface area contributed by atoms with Crippen LogP contribution in [-0.2, 0) is 9.59 Å². The van der Waals surface area contributed by atoms with Crippen molar-refractivity contribution in [1.29, 1.82) is 0 Å². The zero-order valence-electron chi connectivity index (χ0n) is 8.02. The lowest BCUT2D eigenvalue weighted by Gasteiger charge is -2.19. The predicted octanol–water partition coefficient (Wildman–Crippen LogP) is 1.97. The standard InChI is InChI=1S/C10H16O2/c1-7(11)9-4-5-10(3,6-9)8(2)12/h9H,4-6H2,1-3H3/t9-,10+/m1/s1. The molecule has 0 amide bonds. The highest BCUT2D eigenvalue weighted by atomic mass is 16.1. The van der Waals surface area contributed by atoms with E-state index in [1.54, 1.807) is 13.8 Å². The fourth-order valence-electron chi connectivity index (χ4n) is 1.91. The molecule has 12 heavy (non-hydrogen) atoms. The third-order valence-corrected chi connectivity index (χ3v) is 3.17. The summed E-state index contributed by atoms with van der Waals surface area (Å²) in [4.78, 5) is 22.3. The highest BCUT2D eigenvalue weighted by molar-refractivity contribution is 5.85. The van der Waals surface area contributed by atoms with Gasteiger partial charge in [0.2, 0.25) is 0 Å². The Morgan fingerprint density at radius 1 is 1.33 bits per heavy atom. The molecule has 2 nitrogen and oxygen atoms in total. The van der Waals surface area contributed by atoms with Crippen molar-refractivity contribution in [2.45, 2.75) is 40.0 Å². The number of carbonyl (C=O) groups is 2. The van der Waals surface area contributed by atoms with Crippen LogP contribution in [-0.4, -0.2) is 11.6 Å². The normalized spacial score (nSPS) is 35.1. The fourth-order valence-corrected chi connectivity index (χ4v) is 1.91. The second-order valence-electron chi connectivity index (χ2n) is 4.17. The minimum absolute atomic E-state index is 0.138. The molecule has 1 fully saturated rings. The Bertz CT molecular complexity index is 220. The molecule has 0 aromatic rings. The third-order valence-electron chi connectivity index (χ3n) is 3.17. The van der Waals surface area contributed by atoms with Gasteiger partial charge in [0.05, 0.1) is 0 Å². The Labute approximate surface area is 73.3 Å². The van der Waals surface area contributed by atoms with Crippen LogP contribution in [0, 0.1) is 11.3 Å². The highest BCUT2D eigenvalue weighted by Crippen LogP contribution is 2.42. The molecule has 0 N–H and O–H groups in total. The van der Waals surface area contributed by atoms with Crippen molar-refractivity contribution in [2.24, 2.45) is 11.3 Å². The molecule has 0 saturated heterocycles. The van der Waals surface area contributed by atoms with Gasteiger partial charge in [0, 0.05) is 11.3 Å². The van der Waals surface area contributed by atoms with Crippen LogP contribution in [0.3, 0.4) is 0 Å². The first kappa shape index (κ1) is 9.43. The summed E-state index contributed by atoms with van der Waals surface area (Å²) in [6.45, 7) is 5.22. The van der Waals surface area contributed by atoms with Crippen LogP contribution >= 0.6 is 0 Å². The molecule has 0 unspecified atom stereocenters. The summed E-state index contributed by atoms with van der Waals surface area (Å²) < 4.78 is 0. The molecule has 1 aliphatic carbocycles. The monoisotopic (exact) mass is 168 g/mol. The van der Waals surface area contributed by atoms with E-state index in [-0.39, 0.29) is 22.9 Å². The smallest absolute Gasteiger partial charge is 0.135 e. The molecule has 0 radical (unpaired) electrons. The SMILES string of the molecule is CC(=O)[C@@H]1CC[C@](C)(C(C)=O)C1. The van der Waals surface area contributed by atoms with E-state index >= 15 is 0 Å². The van der Waals surface area contributed by atoms with Gasteiger partial charge in [-0.2, -0.15) is 0 Å². The van der Waals surface area contributed by atoms with E-state index in [0.717, 1.165) is 19.3 Å². The Kier molecular flexibility index (Phi) is 2.36. The lowest BCUT2D eigenvalue weighted by molar-refractivity contribution is -0.126. The summed E-state index contributed by atoms with van der Waals surface area (Å²) in [5.74, 6) is 0.602. The second-order valence-corrected chi connectivity index (χ2v) is 4.17. The molecule has 0 spiro atoms. The molecule has 1 saturated carbocycles. The topological polar surface area (TPSA) is 34.1 Å². The second kappa shape index (κ2) is 3.00. The minimum atomic E-state index is -0.212. The Morgan fingerprint density at radius 2 is 1.92 bits per heavy atom. The molecule has 2 heteroatoms. The first-order chi connectivity index (χ1) is 5.46. The summed E-state index contributed by atoms with van der Waals surface area (Å²) >= 11 is 0. The van der Waals surface area contributed by atoms with Crippen molar-refractivity contribution in [2.75, 3.05) is 0 Å². The Morgan fingerprint density at radius 3 is 2.17 bits per heavy atom. The molecule has 2 atom stereocenters. The molecule has 0 aromatic carbocycles. The van der Waals surface area contributed by atoms with Crippen LogP contribution in [0.2, 0.25) is 0 Å². The first-order valence-corrected chi connectivity index (χ1v) is 4.47. The van der Waals surface area contributed by atoms with Gasteiger partial charge in [-0.25, -0.2) is 0 Å². The van der Waals surface area contributed by atoms with Gasteiger partial charge < -0.3 is 0 Å². The maximum atomic E-state index is 11.2. The maximum Gasteiger partial charge on any atom is 0.135 e. The summed E-state index contributed by atoms with van der Waals surface area (Å²) in [5.41, 5.74) is -0.212. The van der Waals surface area contributed by atoms with Gasteiger partial charge in [0.1, 0.15) is 11.6 Å². The first-order valence-electron chi connectivity index (χ1n) is 4.47. The predicted molar refractivity (Wildman–Crippen MR) is 46.8 cm³/mol. The molecule has 0 heterocycles. The van der Waals surface area contributed by atoms with Crippen molar-refractivity contribution in [3.8, 4) is 0 Å². The van der Waals surface area contributed by atoms with Crippen LogP contribution in [0.25, 0.3) is 0 Å². The van der Waals surface area contributed by atoms with Crippen LogP contribution in [0.1, 0.15) is 40.0 Å². The highest BCUT2D eigenvalue weighted by Gasteiger charge is 2.40. The van der Waals surface area contributed by atoms with Crippen molar-refractivity contribution in [3.63, 3.8) is 0 Å². The number of rotatable bonds is 2. The molecule has 0 aliphatic heterocycles. The zero-order valence-corrected chi connectivity index (χ0v) is 8.02. The van der Waals surface area contributed by atoms with Gasteiger partial charge in [-0.15, -0.1) is 0 Å². The fraction of sp³-hybridized carbons (Fsp3) is 0.800. The number of carbonyl (C=O) groups excluding carboxylic acids is 2. The summed E-state index contributed by atoms with van der Waals surface area (Å²) in [7, 11) is 0. The largest absolute Gasteiger partial charge is 0.300 e. The van der Waals surface area contributed by atoms with Gasteiger partial charge in [-0.1, -0.05) is 6.92 Å². The number of hydrogen-bond acceptors (Lipinski definition) is 2. The average molecular weight is 168 g/mol. The van der Waals surface area contributed by atoms with E-state index in [1.165, 1.54) is 0 Å². The Balaban J connectivity index is 2.67. The van der Waals surface area contributed by atoms with Gasteiger partial charge in [0.25, 0.3) is 0 Å². The van der Waals surface area contributed by atoms with Gasteiger partial charge in [-0.3, -0.25) is 9.59 Å². The molecule has 1 aliphatic rings. The molecular weight excluding hydrogens is 152 g/mol. The molecular formula is C10H16O2. The average Bonchev–Trinajstić information content (AvgIpc) is 2.33. The molecule has 0 aromatic heterocycles. The van der Waals surface area contributed by atoms with Crippen LogP contribution in [0.15, 0.2) is 0 Å². The maximum absolute atomic E-state index is 11.2. The van der Waals surface area contributed by atoms with Crippen LogP contribution < -0.4 is 0 Å². The quantitative estimate of drug-likeness (QED) is 0.631. The number of ketones is 2. The van der Waals surface area contributed by atoms with Crippen LogP contribution in [0.5, 0.6) is 0 Å². The molecule has 1 rings (SSSR count). The lowest BCUT2D eigenvalue weighted by Crippen LogP contribution is -2.22. The van der Waals surface area contributed by atoms with E-state index < -0.39 is 0 Å². The Hall–Kier alpha value is -0.660. The van der Waals surface area contributed by atoms with Crippen molar-refractivity contribution in [3.05, 3.63) is 0 Å². The van der Waals surface area contributed by atoms with Gasteiger partial charge >= 0.3 is 0 Å².